The first kappa shape index (κ1) is 22.3. The number of hydrogen-bond donors (Lipinski definition) is 3. The summed E-state index contributed by atoms with van der Waals surface area (Å²) in [6.07, 6.45) is 6.38. The second kappa shape index (κ2) is 10.1. The summed E-state index contributed by atoms with van der Waals surface area (Å²) in [5.41, 5.74) is 5.71. The zero-order valence-corrected chi connectivity index (χ0v) is 18.4. The summed E-state index contributed by atoms with van der Waals surface area (Å²) in [6, 6.07) is 17.6. The molecule has 1 aliphatic heterocycles. The van der Waals surface area contributed by atoms with Crippen molar-refractivity contribution in [1.29, 1.82) is 0 Å². The van der Waals surface area contributed by atoms with Crippen molar-refractivity contribution in [2.75, 3.05) is 18.0 Å². The van der Waals surface area contributed by atoms with Crippen molar-refractivity contribution in [2.24, 2.45) is 0 Å². The summed E-state index contributed by atoms with van der Waals surface area (Å²) >= 11 is 0. The maximum atomic E-state index is 12.9. The minimum Gasteiger partial charge on any atom is -0.371 e. The molecule has 33 heavy (non-hydrogen) atoms. The van der Waals surface area contributed by atoms with Gasteiger partial charge < -0.3 is 10.2 Å². The number of benzene rings is 2. The van der Waals surface area contributed by atoms with Gasteiger partial charge in [0.05, 0.1) is 16.9 Å². The van der Waals surface area contributed by atoms with Crippen LogP contribution >= 0.6 is 0 Å². The second-order valence-electron chi connectivity index (χ2n) is 8.01. The highest BCUT2D eigenvalue weighted by Gasteiger charge is 2.24. The van der Waals surface area contributed by atoms with Crippen LogP contribution in [0.1, 0.15) is 34.5 Å². The zero-order valence-electron chi connectivity index (χ0n) is 18.4. The Morgan fingerprint density at radius 2 is 1.76 bits per heavy atom. The maximum absolute atomic E-state index is 12.9. The lowest BCUT2D eigenvalue weighted by Crippen LogP contribution is -2.45. The average molecular weight is 446 g/mol. The van der Waals surface area contributed by atoms with E-state index in [0.29, 0.717) is 11.3 Å². The molecule has 4 rings (SSSR count). The second-order valence-corrected chi connectivity index (χ2v) is 8.01. The Balaban J connectivity index is 1.38. The number of carbonyl (C=O) groups excluding carboxylic acids is 2. The molecule has 0 atom stereocenters. The highest BCUT2D eigenvalue weighted by Crippen LogP contribution is 2.25. The van der Waals surface area contributed by atoms with Crippen LogP contribution in [0.15, 0.2) is 66.9 Å². The van der Waals surface area contributed by atoms with Crippen LogP contribution in [0.2, 0.25) is 0 Å². The standard InChI is InChI=1S/C25H27N5O3/c1-18-22(17-30(27-18)21-8-3-2-4-9-21)25(32)26-20-13-15-29(16-14-20)23-10-6-5-7-19(23)11-12-24(31)28-33/h2-12,17,20,33H,13-16H2,1H3,(H,26,32)(H,28,31). The lowest BCUT2D eigenvalue weighted by atomic mass is 10.0. The number of nitrogens with zero attached hydrogens (tertiary/aromatic N) is 3. The molecule has 2 aromatic carbocycles. The minimum atomic E-state index is -0.572. The minimum absolute atomic E-state index is 0.0797. The summed E-state index contributed by atoms with van der Waals surface area (Å²) in [4.78, 5) is 26.5. The van der Waals surface area contributed by atoms with E-state index in [1.807, 2.05) is 61.5 Å². The first-order valence-corrected chi connectivity index (χ1v) is 10.9. The fourth-order valence-electron chi connectivity index (χ4n) is 4.04. The van der Waals surface area contributed by atoms with E-state index >= 15 is 0 Å². The van der Waals surface area contributed by atoms with E-state index in [2.05, 4.69) is 15.3 Å². The number of carbonyl (C=O) groups is 2. The van der Waals surface area contributed by atoms with Crippen LogP contribution in [0.3, 0.4) is 0 Å². The Kier molecular flexibility index (Phi) is 6.85. The van der Waals surface area contributed by atoms with Gasteiger partial charge in [-0.3, -0.25) is 14.8 Å². The Labute approximate surface area is 192 Å². The SMILES string of the molecule is Cc1nn(-c2ccccc2)cc1C(=O)NC1CCN(c2ccccc2C=CC(=O)NO)CC1. The highest BCUT2D eigenvalue weighted by atomic mass is 16.5. The number of hydroxylamine groups is 1. The van der Waals surface area contributed by atoms with E-state index < -0.39 is 5.91 Å². The molecule has 170 valence electrons. The van der Waals surface area contributed by atoms with E-state index in [1.54, 1.807) is 22.4 Å². The van der Waals surface area contributed by atoms with Gasteiger partial charge in [0.25, 0.3) is 11.8 Å². The molecule has 1 saturated heterocycles. The first-order valence-electron chi connectivity index (χ1n) is 10.9. The van der Waals surface area contributed by atoms with E-state index in [0.717, 1.165) is 42.9 Å². The van der Waals surface area contributed by atoms with Gasteiger partial charge in [0, 0.05) is 37.1 Å². The van der Waals surface area contributed by atoms with Crippen molar-refractivity contribution < 1.29 is 14.8 Å². The van der Waals surface area contributed by atoms with E-state index in [-0.39, 0.29) is 11.9 Å². The van der Waals surface area contributed by atoms with Gasteiger partial charge in [-0.1, -0.05) is 36.4 Å². The molecule has 0 unspecified atom stereocenters. The van der Waals surface area contributed by atoms with Crippen molar-refractivity contribution in [1.82, 2.24) is 20.6 Å². The summed E-state index contributed by atoms with van der Waals surface area (Å²) in [7, 11) is 0. The van der Waals surface area contributed by atoms with Gasteiger partial charge in [-0.2, -0.15) is 5.10 Å². The summed E-state index contributed by atoms with van der Waals surface area (Å²) in [6.45, 7) is 3.41. The third-order valence-electron chi connectivity index (χ3n) is 5.80. The quantitative estimate of drug-likeness (QED) is 0.308. The molecular weight excluding hydrogens is 418 g/mol. The van der Waals surface area contributed by atoms with E-state index in [9.17, 15) is 9.59 Å². The van der Waals surface area contributed by atoms with Gasteiger partial charge in [-0.05, 0) is 49.6 Å². The summed E-state index contributed by atoms with van der Waals surface area (Å²) in [5.74, 6) is -0.677. The Morgan fingerprint density at radius 3 is 2.48 bits per heavy atom. The van der Waals surface area contributed by atoms with Crippen LogP contribution in [0, 0.1) is 6.92 Å². The van der Waals surface area contributed by atoms with Crippen LogP contribution in [0.4, 0.5) is 5.69 Å². The van der Waals surface area contributed by atoms with Crippen LogP contribution in [-0.2, 0) is 4.79 Å². The Hall–Kier alpha value is -3.91. The van der Waals surface area contributed by atoms with Crippen molar-refractivity contribution in [2.45, 2.75) is 25.8 Å². The number of anilines is 1. The fourth-order valence-corrected chi connectivity index (χ4v) is 4.04. The van der Waals surface area contributed by atoms with Gasteiger partial charge in [0.1, 0.15) is 0 Å². The Morgan fingerprint density at radius 1 is 1.06 bits per heavy atom. The number of rotatable bonds is 6. The number of nitrogens with one attached hydrogen (secondary N) is 2. The molecule has 0 spiro atoms. The molecule has 1 aromatic heterocycles. The molecule has 0 bridgehead atoms. The molecule has 2 heterocycles. The number of hydrogen-bond acceptors (Lipinski definition) is 5. The molecule has 1 aliphatic rings. The molecular formula is C25H27N5O3. The molecule has 8 heteroatoms. The van der Waals surface area contributed by atoms with Gasteiger partial charge in [0.15, 0.2) is 0 Å². The van der Waals surface area contributed by atoms with E-state index in [4.69, 9.17) is 5.21 Å². The monoisotopic (exact) mass is 445 g/mol. The van der Waals surface area contributed by atoms with Crippen molar-refractivity contribution in [3.8, 4) is 5.69 Å². The van der Waals surface area contributed by atoms with Gasteiger partial charge in [-0.15, -0.1) is 0 Å². The fraction of sp³-hybridized carbons (Fsp3) is 0.240. The average Bonchev–Trinajstić information content (AvgIpc) is 3.25. The third-order valence-corrected chi connectivity index (χ3v) is 5.80. The van der Waals surface area contributed by atoms with Crippen molar-refractivity contribution >= 4 is 23.6 Å². The predicted octanol–water partition coefficient (Wildman–Crippen LogP) is 3.10. The number of aryl methyl sites for hydroxylation is 1. The van der Waals surface area contributed by atoms with Crippen LogP contribution in [-0.4, -0.2) is 45.9 Å². The molecule has 0 aliphatic carbocycles. The maximum Gasteiger partial charge on any atom is 0.267 e. The molecule has 0 radical (unpaired) electrons. The largest absolute Gasteiger partial charge is 0.371 e. The van der Waals surface area contributed by atoms with Gasteiger partial charge in [0.2, 0.25) is 0 Å². The van der Waals surface area contributed by atoms with Gasteiger partial charge in [-0.25, -0.2) is 10.2 Å². The predicted molar refractivity (Wildman–Crippen MR) is 126 cm³/mol. The van der Waals surface area contributed by atoms with Crippen LogP contribution in [0.25, 0.3) is 11.8 Å². The third kappa shape index (κ3) is 5.30. The van der Waals surface area contributed by atoms with Crippen molar-refractivity contribution in [3.05, 3.63) is 83.7 Å². The summed E-state index contributed by atoms with van der Waals surface area (Å²) < 4.78 is 1.73. The molecule has 0 saturated carbocycles. The normalized spacial score (nSPS) is 14.4. The van der Waals surface area contributed by atoms with Crippen LogP contribution in [0.5, 0.6) is 0 Å². The summed E-state index contributed by atoms with van der Waals surface area (Å²) in [5, 5.41) is 16.3. The molecule has 3 aromatic rings. The number of para-hydroxylation sites is 2. The van der Waals surface area contributed by atoms with E-state index in [1.165, 1.54) is 6.08 Å². The number of piperidine rings is 1. The Bertz CT molecular complexity index is 1150. The van der Waals surface area contributed by atoms with Gasteiger partial charge >= 0.3 is 0 Å². The first-order chi connectivity index (χ1) is 16.0. The lowest BCUT2D eigenvalue weighted by Gasteiger charge is -2.34. The van der Waals surface area contributed by atoms with Crippen LogP contribution < -0.4 is 15.7 Å². The molecule has 8 nitrogen and oxygen atoms in total. The topological polar surface area (TPSA) is 99.5 Å². The molecule has 3 N–H and O–H groups in total. The number of amides is 2. The van der Waals surface area contributed by atoms with Crippen molar-refractivity contribution in [3.63, 3.8) is 0 Å². The number of aromatic nitrogens is 2. The molecule has 2 amide bonds. The zero-order chi connectivity index (χ0) is 23.2. The molecule has 1 fully saturated rings. The lowest BCUT2D eigenvalue weighted by molar-refractivity contribution is -0.124. The smallest absolute Gasteiger partial charge is 0.267 e. The highest BCUT2D eigenvalue weighted by molar-refractivity contribution is 5.95.